The van der Waals surface area contributed by atoms with Gasteiger partial charge in [-0.25, -0.2) is 9.67 Å². The Bertz CT molecular complexity index is 1020. The van der Waals surface area contributed by atoms with Gasteiger partial charge < -0.3 is 10.3 Å². The van der Waals surface area contributed by atoms with Crippen LogP contribution in [0.3, 0.4) is 0 Å². The third kappa shape index (κ3) is 3.60. The molecule has 3 aromatic rings. The zero-order valence-corrected chi connectivity index (χ0v) is 15.7. The van der Waals surface area contributed by atoms with Crippen molar-refractivity contribution < 1.29 is 4.79 Å². The van der Waals surface area contributed by atoms with Crippen molar-refractivity contribution in [3.8, 4) is 5.69 Å². The molecule has 1 aliphatic heterocycles. The van der Waals surface area contributed by atoms with E-state index in [9.17, 15) is 9.59 Å². The van der Waals surface area contributed by atoms with Gasteiger partial charge in [-0.05, 0) is 31.4 Å². The third-order valence-electron chi connectivity index (χ3n) is 4.70. The highest BCUT2D eigenvalue weighted by molar-refractivity contribution is 7.99. The number of hydrogen-bond acceptors (Lipinski definition) is 6. The smallest absolute Gasteiger partial charge is 0.261 e. The van der Waals surface area contributed by atoms with Crippen molar-refractivity contribution in [3.63, 3.8) is 0 Å². The number of aromatic amines is 1. The van der Waals surface area contributed by atoms with Crippen LogP contribution < -0.4 is 10.9 Å². The summed E-state index contributed by atoms with van der Waals surface area (Å²) in [5.41, 5.74) is 1.49. The van der Waals surface area contributed by atoms with Gasteiger partial charge in [-0.1, -0.05) is 12.1 Å². The summed E-state index contributed by atoms with van der Waals surface area (Å²) in [5.74, 6) is 2.14. The van der Waals surface area contributed by atoms with Crippen LogP contribution in [0.1, 0.15) is 6.42 Å². The first-order valence-corrected chi connectivity index (χ1v) is 9.87. The lowest BCUT2D eigenvalue weighted by Crippen LogP contribution is -2.38. The van der Waals surface area contributed by atoms with Crippen molar-refractivity contribution >= 4 is 34.4 Å². The average molecular weight is 384 g/mol. The number of nitrogens with one attached hydrogen (secondary N) is 2. The van der Waals surface area contributed by atoms with Gasteiger partial charge in [-0.15, -0.1) is 0 Å². The largest absolute Gasteiger partial charge is 0.323 e. The summed E-state index contributed by atoms with van der Waals surface area (Å²) >= 11 is 1.92. The van der Waals surface area contributed by atoms with E-state index in [-0.39, 0.29) is 11.5 Å². The first kappa shape index (κ1) is 17.7. The van der Waals surface area contributed by atoms with Crippen LogP contribution in [0.15, 0.2) is 41.6 Å². The number of rotatable bonds is 5. The molecule has 140 valence electrons. The Labute approximate surface area is 160 Å². The quantitative estimate of drug-likeness (QED) is 0.692. The molecule has 1 fully saturated rings. The number of likely N-dealkylation sites (N-methyl/N-ethyl adjacent to an activating group) is 1. The van der Waals surface area contributed by atoms with Crippen LogP contribution in [0.25, 0.3) is 16.7 Å². The number of aromatic nitrogens is 4. The number of carbonyl (C=O) groups is 1. The van der Waals surface area contributed by atoms with Crippen molar-refractivity contribution in [2.45, 2.75) is 12.5 Å². The molecule has 0 spiro atoms. The molecule has 0 bridgehead atoms. The van der Waals surface area contributed by atoms with E-state index in [1.165, 1.54) is 12.5 Å². The number of fused-ring (bicyclic) bond motifs is 1. The fourth-order valence-corrected chi connectivity index (χ4v) is 4.51. The summed E-state index contributed by atoms with van der Waals surface area (Å²) in [6, 6.07) is 7.80. The summed E-state index contributed by atoms with van der Waals surface area (Å²) in [7, 11) is 1.99. The lowest BCUT2D eigenvalue weighted by Gasteiger charge is -2.23. The van der Waals surface area contributed by atoms with E-state index in [0.717, 1.165) is 17.9 Å². The van der Waals surface area contributed by atoms with Crippen LogP contribution in [0, 0.1) is 0 Å². The van der Waals surface area contributed by atoms with E-state index >= 15 is 0 Å². The average Bonchev–Trinajstić information content (AvgIpc) is 3.33. The molecule has 9 heteroatoms. The maximum atomic E-state index is 12.6. The number of benzene rings is 1. The monoisotopic (exact) mass is 384 g/mol. The Balaban J connectivity index is 1.58. The minimum atomic E-state index is -0.246. The van der Waals surface area contributed by atoms with E-state index in [0.29, 0.717) is 35.0 Å². The van der Waals surface area contributed by atoms with Gasteiger partial charge in [-0.3, -0.25) is 14.5 Å². The van der Waals surface area contributed by atoms with Gasteiger partial charge >= 0.3 is 0 Å². The van der Waals surface area contributed by atoms with Crippen LogP contribution in [0.4, 0.5) is 5.69 Å². The zero-order valence-electron chi connectivity index (χ0n) is 14.9. The number of nitrogens with zero attached hydrogens (tertiary/aromatic N) is 4. The van der Waals surface area contributed by atoms with Crippen LogP contribution in [-0.2, 0) is 4.79 Å². The molecule has 3 heterocycles. The first-order chi connectivity index (χ1) is 13.1. The predicted molar refractivity (Wildman–Crippen MR) is 106 cm³/mol. The predicted octanol–water partition coefficient (Wildman–Crippen LogP) is 1.48. The molecule has 1 aliphatic rings. The maximum Gasteiger partial charge on any atom is 0.261 e. The lowest BCUT2D eigenvalue weighted by molar-refractivity contribution is -0.117. The molecule has 27 heavy (non-hydrogen) atoms. The lowest BCUT2D eigenvalue weighted by atomic mass is 10.2. The molecule has 0 unspecified atom stereocenters. The van der Waals surface area contributed by atoms with Gasteiger partial charge in [0.2, 0.25) is 5.91 Å². The van der Waals surface area contributed by atoms with Gasteiger partial charge in [-0.2, -0.15) is 16.9 Å². The third-order valence-corrected chi connectivity index (χ3v) is 5.84. The molecule has 2 N–H and O–H groups in total. The first-order valence-electron chi connectivity index (χ1n) is 8.72. The second kappa shape index (κ2) is 7.53. The van der Waals surface area contributed by atoms with Crippen molar-refractivity contribution in [1.82, 2.24) is 24.6 Å². The Hall–Kier alpha value is -2.65. The molecule has 8 nitrogen and oxygen atoms in total. The molecule has 1 atom stereocenters. The van der Waals surface area contributed by atoms with Crippen molar-refractivity contribution in [1.29, 1.82) is 0 Å². The topological polar surface area (TPSA) is 95.9 Å². The number of carbonyl (C=O) groups excluding carboxylic acids is 1. The number of anilines is 1. The van der Waals surface area contributed by atoms with Gasteiger partial charge in [0.15, 0.2) is 5.65 Å². The summed E-state index contributed by atoms with van der Waals surface area (Å²) in [5, 5.41) is 7.66. The van der Waals surface area contributed by atoms with Crippen LogP contribution >= 0.6 is 11.8 Å². The van der Waals surface area contributed by atoms with Gasteiger partial charge in [0.05, 0.1) is 30.4 Å². The molecule has 0 radical (unpaired) electrons. The van der Waals surface area contributed by atoms with Gasteiger partial charge in [0.1, 0.15) is 5.39 Å². The molecule has 1 aromatic carbocycles. The van der Waals surface area contributed by atoms with E-state index in [1.807, 2.05) is 43.1 Å². The van der Waals surface area contributed by atoms with E-state index in [2.05, 4.69) is 25.3 Å². The minimum absolute atomic E-state index is 0.0795. The second-order valence-corrected chi connectivity index (χ2v) is 7.67. The number of hydrogen-bond donors (Lipinski definition) is 2. The van der Waals surface area contributed by atoms with Crippen molar-refractivity contribution in [2.75, 3.05) is 30.4 Å². The summed E-state index contributed by atoms with van der Waals surface area (Å²) in [4.78, 5) is 33.3. The Morgan fingerprint density at radius 3 is 3.11 bits per heavy atom. The zero-order chi connectivity index (χ0) is 18.8. The summed E-state index contributed by atoms with van der Waals surface area (Å²) in [6.45, 7) is 0.331. The molecule has 1 saturated heterocycles. The fourth-order valence-electron chi connectivity index (χ4n) is 3.21. The Morgan fingerprint density at radius 2 is 2.30 bits per heavy atom. The Morgan fingerprint density at radius 1 is 1.44 bits per heavy atom. The highest BCUT2D eigenvalue weighted by Crippen LogP contribution is 2.23. The number of amides is 1. The number of para-hydroxylation sites is 2. The van der Waals surface area contributed by atoms with Crippen molar-refractivity contribution in [2.24, 2.45) is 0 Å². The van der Waals surface area contributed by atoms with Crippen LogP contribution in [0.2, 0.25) is 0 Å². The van der Waals surface area contributed by atoms with E-state index in [4.69, 9.17) is 0 Å². The van der Waals surface area contributed by atoms with Crippen LogP contribution in [0.5, 0.6) is 0 Å². The van der Waals surface area contributed by atoms with Gasteiger partial charge in [0, 0.05) is 11.8 Å². The minimum Gasteiger partial charge on any atom is -0.323 e. The summed E-state index contributed by atoms with van der Waals surface area (Å²) in [6.07, 6.45) is 3.94. The number of thioether (sulfide) groups is 1. The van der Waals surface area contributed by atoms with Gasteiger partial charge in [0.25, 0.3) is 5.56 Å². The van der Waals surface area contributed by atoms with E-state index < -0.39 is 0 Å². The summed E-state index contributed by atoms with van der Waals surface area (Å²) < 4.78 is 1.57. The molecular formula is C18H20N6O2S. The Kier molecular flexibility index (Phi) is 4.95. The maximum absolute atomic E-state index is 12.6. The van der Waals surface area contributed by atoms with E-state index in [1.54, 1.807) is 4.68 Å². The highest BCUT2D eigenvalue weighted by Gasteiger charge is 2.22. The normalized spacial score (nSPS) is 16.9. The molecule has 1 amide bonds. The molecule has 0 saturated carbocycles. The molecular weight excluding hydrogens is 364 g/mol. The number of H-pyrrole nitrogens is 1. The second-order valence-electron chi connectivity index (χ2n) is 6.52. The highest BCUT2D eigenvalue weighted by atomic mass is 32.2. The molecule has 4 rings (SSSR count). The standard InChI is InChI=1S/C18H20N6O2S/c1-23(12-6-7-27-10-12)9-16(25)22-14-4-2-3-5-15(14)24-17-13(8-21-24)18(26)20-11-19-17/h2-5,8,11-12H,6-7,9-10H2,1H3,(H,22,25)(H,19,20,26)/t12-/m1/s1. The SMILES string of the molecule is CN(CC(=O)Nc1ccccc1-n1ncc2c(=O)[nH]cnc21)[C@@H]1CCSC1. The van der Waals surface area contributed by atoms with Crippen molar-refractivity contribution in [3.05, 3.63) is 47.1 Å². The molecule has 0 aliphatic carbocycles. The van der Waals surface area contributed by atoms with Crippen LogP contribution in [-0.4, -0.2) is 61.7 Å². The fraction of sp³-hybridized carbons (Fsp3) is 0.333. The molecule has 2 aromatic heterocycles.